The summed E-state index contributed by atoms with van der Waals surface area (Å²) >= 11 is -0.556. The molecule has 16 heavy (non-hydrogen) atoms. The summed E-state index contributed by atoms with van der Waals surface area (Å²) < 4.78 is 0. The van der Waals surface area contributed by atoms with Gasteiger partial charge in [0.1, 0.15) is 0 Å². The molecule has 1 rings (SSSR count). The third-order valence-electron chi connectivity index (χ3n) is 2.04. The summed E-state index contributed by atoms with van der Waals surface area (Å²) in [6.07, 6.45) is 3.41. The maximum absolute atomic E-state index is 10.6. The van der Waals surface area contributed by atoms with E-state index in [0.717, 1.165) is 6.42 Å². The van der Waals surface area contributed by atoms with Gasteiger partial charge in [-0.3, -0.25) is 0 Å². The number of amides is 1. The fraction of sp³-hybridized carbons (Fsp3) is 0.364. The van der Waals surface area contributed by atoms with E-state index < -0.39 is 22.9 Å². The van der Waals surface area contributed by atoms with E-state index in [0.29, 0.717) is 5.56 Å². The van der Waals surface area contributed by atoms with Gasteiger partial charge in [-0.05, 0) is 24.0 Å². The molecule has 0 radical (unpaired) electrons. The fourth-order valence-corrected chi connectivity index (χ4v) is 1.20. The second kappa shape index (κ2) is 10.2. The molecule has 2 nitrogen and oxygen atoms in total. The zero-order valence-corrected chi connectivity index (χ0v) is 12.2. The number of carbonyl (C=O) groups excluding carboxylic acids is 1. The summed E-state index contributed by atoms with van der Waals surface area (Å²) in [5.41, 5.74) is 8.60. The first-order valence-corrected chi connectivity index (χ1v) is 9.26. The van der Waals surface area contributed by atoms with Crippen LogP contribution in [-0.4, -0.2) is 5.91 Å². The summed E-state index contributed by atoms with van der Waals surface area (Å²) in [4.78, 5) is 10.6. The molecule has 0 saturated heterocycles. The number of aryl methyl sites for hydroxylation is 1. The number of nitrogens with one attached hydrogen (secondary N) is 1. The van der Waals surface area contributed by atoms with E-state index in [-0.39, 0.29) is 0 Å². The van der Waals surface area contributed by atoms with Crippen LogP contribution in [0, 0.1) is 0 Å². The zero-order valence-electron chi connectivity index (χ0n) is 9.09. The van der Waals surface area contributed by atoms with Crippen molar-refractivity contribution in [2.24, 2.45) is 0 Å². The van der Waals surface area contributed by atoms with Gasteiger partial charge in [0.2, 0.25) is 0 Å². The Hall–Kier alpha value is -0.0157. The molecule has 5 heteroatoms. The Morgan fingerprint density at radius 2 is 1.81 bits per heavy atom. The number of carbonyl (C=O) groups is 1. The molecular weight excluding hydrogens is 281 g/mol. The minimum absolute atomic E-state index is 0.472. The molecule has 0 atom stereocenters. The molecule has 0 aliphatic heterocycles. The van der Waals surface area contributed by atoms with Crippen LogP contribution >= 0.6 is 18.6 Å². The number of benzene rings is 1. The van der Waals surface area contributed by atoms with Gasteiger partial charge in [-0.25, -0.2) is 0 Å². The molecule has 0 unspecified atom stereocenters. The van der Waals surface area contributed by atoms with E-state index in [1.165, 1.54) is 18.4 Å². The van der Waals surface area contributed by atoms with E-state index in [4.69, 9.17) is 24.3 Å². The zero-order chi connectivity index (χ0) is 12.4. The normalized spacial score (nSPS) is 8.94. The van der Waals surface area contributed by atoms with Crippen molar-refractivity contribution >= 4 is 24.5 Å². The molecule has 0 aromatic heterocycles. The number of hydrogen-bond acceptors (Lipinski definition) is 1. The molecule has 1 aromatic carbocycles. The standard InChI is InChI=1S/C11H15NO.2ClH.Ti/c1-2-3-4-9-5-7-10(8-6-9)11(12)13;;;/h5-8H,2-4H2,1H3,(H2,12,13);2*1H;/q;;;+2/p-3. The Morgan fingerprint density at radius 3 is 2.19 bits per heavy atom. The summed E-state index contributed by atoms with van der Waals surface area (Å²) in [6.45, 7) is 2.15. The van der Waals surface area contributed by atoms with Gasteiger partial charge in [0, 0.05) is 0 Å². The first-order chi connectivity index (χ1) is 7.65. The molecule has 1 aromatic rings. The van der Waals surface area contributed by atoms with E-state index in [1.807, 2.05) is 12.1 Å². The number of rotatable bonds is 4. The number of hydrogen-bond donors (Lipinski definition) is 0. The molecule has 0 saturated carbocycles. The maximum atomic E-state index is 10.6. The van der Waals surface area contributed by atoms with Crippen LogP contribution in [0.4, 0.5) is 0 Å². The van der Waals surface area contributed by atoms with Crippen molar-refractivity contribution in [3.05, 3.63) is 41.1 Å². The minimum atomic E-state index is -0.609. The van der Waals surface area contributed by atoms with E-state index >= 15 is 0 Å². The van der Waals surface area contributed by atoms with Crippen molar-refractivity contribution in [3.8, 4) is 0 Å². The van der Waals surface area contributed by atoms with Crippen LogP contribution in [0.5, 0.6) is 0 Å². The van der Waals surface area contributed by atoms with E-state index in [1.54, 1.807) is 12.1 Å². The first-order valence-electron chi connectivity index (χ1n) is 4.96. The van der Waals surface area contributed by atoms with Crippen LogP contribution in [0.25, 0.3) is 5.73 Å². The summed E-state index contributed by atoms with van der Waals surface area (Å²) in [5, 5.41) is 0. The fourth-order valence-electron chi connectivity index (χ4n) is 1.20. The molecule has 0 bridgehead atoms. The van der Waals surface area contributed by atoms with Gasteiger partial charge in [-0.2, -0.15) is 0 Å². The molecule has 1 N–H and O–H groups in total. The van der Waals surface area contributed by atoms with Gasteiger partial charge >= 0.3 is 35.6 Å². The van der Waals surface area contributed by atoms with Crippen LogP contribution in [0.3, 0.4) is 0 Å². The third kappa shape index (κ3) is 7.29. The number of halogens is 2. The van der Waals surface area contributed by atoms with E-state index in [2.05, 4.69) is 6.92 Å². The third-order valence-corrected chi connectivity index (χ3v) is 2.04. The molecule has 1 amide bonds. The van der Waals surface area contributed by atoms with Crippen LogP contribution in [0.1, 0.15) is 35.7 Å². The molecule has 88 valence electrons. The average Bonchev–Trinajstić information content (AvgIpc) is 2.28. The van der Waals surface area contributed by atoms with Crippen molar-refractivity contribution in [2.45, 2.75) is 26.2 Å². The molecule has 0 spiro atoms. The van der Waals surface area contributed by atoms with Gasteiger partial charge in [-0.1, -0.05) is 37.6 Å². The monoisotopic (exact) mass is 294 g/mol. The van der Waals surface area contributed by atoms with Gasteiger partial charge in [0.05, 0.1) is 5.91 Å². The van der Waals surface area contributed by atoms with Crippen molar-refractivity contribution in [3.63, 3.8) is 0 Å². The van der Waals surface area contributed by atoms with Crippen LogP contribution in [0.15, 0.2) is 24.3 Å². The summed E-state index contributed by atoms with van der Waals surface area (Å²) in [6, 6.07) is 7.30. The first kappa shape index (κ1) is 16.0. The van der Waals surface area contributed by atoms with Crippen LogP contribution in [0.2, 0.25) is 0 Å². The summed E-state index contributed by atoms with van der Waals surface area (Å²) in [7, 11) is 9.78. The van der Waals surface area contributed by atoms with E-state index in [9.17, 15) is 4.79 Å². The SMILES string of the molecule is CCCCc1ccc(C([NH-])=O)cc1.[Cl][Ti][Cl]. The molecule has 0 fully saturated rings. The van der Waals surface area contributed by atoms with Crippen molar-refractivity contribution in [1.82, 2.24) is 0 Å². The van der Waals surface area contributed by atoms with Crippen LogP contribution < -0.4 is 0 Å². The van der Waals surface area contributed by atoms with Gasteiger partial charge < -0.3 is 10.5 Å². The Bertz CT molecular complexity index is 303. The second-order valence-electron chi connectivity index (χ2n) is 3.20. The van der Waals surface area contributed by atoms with Crippen LogP contribution in [-0.2, 0) is 23.5 Å². The predicted octanol–water partition coefficient (Wildman–Crippen LogP) is 4.60. The van der Waals surface area contributed by atoms with Crippen molar-refractivity contribution < 1.29 is 21.8 Å². The Balaban J connectivity index is 0.000000673. The number of unbranched alkanes of at least 4 members (excludes halogenated alkanes) is 1. The average molecular weight is 295 g/mol. The summed E-state index contributed by atoms with van der Waals surface area (Å²) in [5.74, 6) is -0.609. The predicted molar refractivity (Wildman–Crippen MR) is 65.4 cm³/mol. The van der Waals surface area contributed by atoms with Crippen molar-refractivity contribution in [1.29, 1.82) is 0 Å². The van der Waals surface area contributed by atoms with Gasteiger partial charge in [0.25, 0.3) is 0 Å². The van der Waals surface area contributed by atoms with Crippen molar-refractivity contribution in [2.75, 3.05) is 0 Å². The Morgan fingerprint density at radius 1 is 1.31 bits per heavy atom. The topological polar surface area (TPSA) is 40.9 Å². The molecule has 0 aliphatic rings. The molecular formula is C11H14Cl2NOTi-. The quantitative estimate of drug-likeness (QED) is 0.748. The molecule has 0 aliphatic carbocycles. The van der Waals surface area contributed by atoms with Gasteiger partial charge in [-0.15, -0.1) is 0 Å². The van der Waals surface area contributed by atoms with Gasteiger partial charge in [0.15, 0.2) is 0 Å². The Labute approximate surface area is 113 Å². The molecule has 0 heterocycles. The second-order valence-corrected chi connectivity index (χ2v) is 5.78. The Kier molecular flexibility index (Phi) is 10.1.